The van der Waals surface area contributed by atoms with Crippen molar-refractivity contribution >= 4 is 63.0 Å². The first-order chi connectivity index (χ1) is 14.9. The molecular weight excluding hydrogens is 511 g/mol. The molecule has 2 amide bonds. The van der Waals surface area contributed by atoms with E-state index in [-0.39, 0.29) is 28.8 Å². The van der Waals surface area contributed by atoms with Crippen LogP contribution in [0.15, 0.2) is 66.7 Å². The van der Waals surface area contributed by atoms with Gasteiger partial charge in [-0.05, 0) is 65.1 Å². The van der Waals surface area contributed by atoms with Crippen molar-refractivity contribution < 1.29 is 19.5 Å². The lowest BCUT2D eigenvalue weighted by Gasteiger charge is -2.10. The molecule has 1 heterocycles. The summed E-state index contributed by atoms with van der Waals surface area (Å²) in [4.78, 5) is 43.7. The number of rotatable bonds is 5. The van der Waals surface area contributed by atoms with Gasteiger partial charge in [-0.2, -0.15) is 0 Å². The molecule has 0 aliphatic carbocycles. The first-order valence-corrected chi connectivity index (χ1v) is 10.2. The highest BCUT2D eigenvalue weighted by Gasteiger charge is 2.19. The van der Waals surface area contributed by atoms with Gasteiger partial charge in [0.2, 0.25) is 5.95 Å². The van der Waals surface area contributed by atoms with Gasteiger partial charge in [-0.3, -0.25) is 14.9 Å². The Morgan fingerprint density at radius 1 is 0.903 bits per heavy atom. The number of nitrogens with one attached hydrogen (secondary N) is 3. The van der Waals surface area contributed by atoms with Gasteiger partial charge < -0.3 is 15.4 Å². The third-order valence-electron chi connectivity index (χ3n) is 4.47. The molecule has 31 heavy (non-hydrogen) atoms. The van der Waals surface area contributed by atoms with Gasteiger partial charge in [0.1, 0.15) is 0 Å². The van der Waals surface area contributed by atoms with E-state index in [2.05, 4.69) is 43.2 Å². The van der Waals surface area contributed by atoms with Gasteiger partial charge in [-0.15, -0.1) is 0 Å². The van der Waals surface area contributed by atoms with Crippen LogP contribution in [0.4, 0.5) is 16.4 Å². The van der Waals surface area contributed by atoms with Crippen molar-refractivity contribution in [3.8, 4) is 0 Å². The van der Waals surface area contributed by atoms with E-state index in [9.17, 15) is 14.4 Å². The molecule has 0 unspecified atom stereocenters. The van der Waals surface area contributed by atoms with E-state index >= 15 is 0 Å². The number of H-pyrrole nitrogens is 1. The van der Waals surface area contributed by atoms with Gasteiger partial charge >= 0.3 is 6.09 Å². The largest absolute Gasteiger partial charge is 0.465 e. The van der Waals surface area contributed by atoms with Crippen LogP contribution >= 0.6 is 22.6 Å². The Labute approximate surface area is 189 Å². The number of halogens is 1. The molecule has 0 aliphatic heterocycles. The zero-order valence-corrected chi connectivity index (χ0v) is 18.0. The van der Waals surface area contributed by atoms with Gasteiger partial charge in [-0.1, -0.05) is 24.3 Å². The number of imidazole rings is 1. The van der Waals surface area contributed by atoms with E-state index in [0.717, 1.165) is 3.57 Å². The molecule has 0 radical (unpaired) electrons. The molecule has 4 aromatic rings. The second-order valence-electron chi connectivity index (χ2n) is 6.59. The molecule has 4 N–H and O–H groups in total. The van der Waals surface area contributed by atoms with E-state index in [4.69, 9.17) is 5.11 Å². The molecule has 0 fully saturated rings. The molecule has 8 nitrogen and oxygen atoms in total. The highest BCUT2D eigenvalue weighted by atomic mass is 127. The smallest absolute Gasteiger partial charge is 0.411 e. The van der Waals surface area contributed by atoms with Crippen LogP contribution in [-0.2, 0) is 0 Å². The average molecular weight is 526 g/mol. The first-order valence-electron chi connectivity index (χ1n) is 9.11. The van der Waals surface area contributed by atoms with Gasteiger partial charge in [0.15, 0.2) is 5.78 Å². The molecule has 0 saturated heterocycles. The summed E-state index contributed by atoms with van der Waals surface area (Å²) in [5, 5.41) is 13.8. The van der Waals surface area contributed by atoms with Crippen LogP contribution in [0.5, 0.6) is 0 Å². The van der Waals surface area contributed by atoms with Crippen LogP contribution in [-0.4, -0.2) is 32.9 Å². The number of amides is 2. The number of ketones is 1. The SMILES string of the molecule is O=C(O)Nc1nc2ccc(C(=O)c3ccccc3C(=O)Nc3cccc(I)c3)cc2[nH]1. The van der Waals surface area contributed by atoms with Gasteiger partial charge in [-0.25, -0.2) is 9.78 Å². The Morgan fingerprint density at radius 3 is 2.42 bits per heavy atom. The molecule has 0 atom stereocenters. The van der Waals surface area contributed by atoms with Crippen LogP contribution in [0, 0.1) is 3.57 Å². The van der Waals surface area contributed by atoms with E-state index in [1.165, 1.54) is 0 Å². The Morgan fingerprint density at radius 2 is 1.68 bits per heavy atom. The van der Waals surface area contributed by atoms with Gasteiger partial charge in [0.25, 0.3) is 5.91 Å². The fraction of sp³-hybridized carbons (Fsp3) is 0. The summed E-state index contributed by atoms with van der Waals surface area (Å²) in [6, 6.07) is 18.7. The minimum absolute atomic E-state index is 0.0596. The Kier molecular flexibility index (Phi) is 5.67. The quantitative estimate of drug-likeness (QED) is 0.221. The molecule has 0 spiro atoms. The topological polar surface area (TPSA) is 124 Å². The molecule has 9 heteroatoms. The molecule has 0 bridgehead atoms. The minimum Gasteiger partial charge on any atom is -0.465 e. The maximum atomic E-state index is 13.2. The monoisotopic (exact) mass is 526 g/mol. The van der Waals surface area contributed by atoms with Crippen LogP contribution in [0.3, 0.4) is 0 Å². The third-order valence-corrected chi connectivity index (χ3v) is 5.14. The number of fused-ring (bicyclic) bond motifs is 1. The third kappa shape index (κ3) is 4.56. The molecule has 1 aromatic heterocycles. The van der Waals surface area contributed by atoms with Crippen molar-refractivity contribution in [2.24, 2.45) is 0 Å². The summed E-state index contributed by atoms with van der Waals surface area (Å²) >= 11 is 2.16. The van der Waals surface area contributed by atoms with Crippen LogP contribution in [0.2, 0.25) is 0 Å². The number of aromatic nitrogens is 2. The van der Waals surface area contributed by atoms with Crippen LogP contribution in [0.1, 0.15) is 26.3 Å². The lowest BCUT2D eigenvalue weighted by atomic mass is 9.97. The van der Waals surface area contributed by atoms with Crippen molar-refractivity contribution in [2.45, 2.75) is 0 Å². The number of aromatic amines is 1. The zero-order valence-electron chi connectivity index (χ0n) is 15.8. The maximum Gasteiger partial charge on any atom is 0.411 e. The molecule has 3 aromatic carbocycles. The van der Waals surface area contributed by atoms with E-state index < -0.39 is 6.09 Å². The molecule has 0 saturated carbocycles. The van der Waals surface area contributed by atoms with Gasteiger partial charge in [0, 0.05) is 20.4 Å². The highest BCUT2D eigenvalue weighted by Crippen LogP contribution is 2.21. The number of carbonyl (C=O) groups excluding carboxylic acids is 2. The lowest BCUT2D eigenvalue weighted by Crippen LogP contribution is -2.17. The average Bonchev–Trinajstić information content (AvgIpc) is 3.13. The van der Waals surface area contributed by atoms with Crippen molar-refractivity contribution in [2.75, 3.05) is 10.6 Å². The van der Waals surface area contributed by atoms with Crippen molar-refractivity contribution in [3.05, 3.63) is 87.0 Å². The zero-order chi connectivity index (χ0) is 22.0. The summed E-state index contributed by atoms with van der Waals surface area (Å²) in [5.74, 6) is -0.663. The summed E-state index contributed by atoms with van der Waals surface area (Å²) in [5.41, 5.74) is 2.49. The fourth-order valence-corrected chi connectivity index (χ4v) is 3.65. The minimum atomic E-state index is -1.25. The summed E-state index contributed by atoms with van der Waals surface area (Å²) in [6.07, 6.45) is -1.25. The first kappa shape index (κ1) is 20.5. The highest BCUT2D eigenvalue weighted by molar-refractivity contribution is 14.1. The van der Waals surface area contributed by atoms with Crippen molar-refractivity contribution in [3.63, 3.8) is 0 Å². The predicted octanol–water partition coefficient (Wildman–Crippen LogP) is 4.74. The van der Waals surface area contributed by atoms with Crippen molar-refractivity contribution in [1.29, 1.82) is 0 Å². The predicted molar refractivity (Wildman–Crippen MR) is 125 cm³/mol. The Balaban J connectivity index is 1.64. The number of nitrogens with zero attached hydrogens (tertiary/aromatic N) is 1. The summed E-state index contributed by atoms with van der Waals surface area (Å²) in [6.45, 7) is 0. The van der Waals surface area contributed by atoms with Crippen LogP contribution < -0.4 is 10.6 Å². The number of hydrogen-bond acceptors (Lipinski definition) is 4. The summed E-state index contributed by atoms with van der Waals surface area (Å²) < 4.78 is 0.976. The number of benzene rings is 3. The second-order valence-corrected chi connectivity index (χ2v) is 7.83. The second kappa shape index (κ2) is 8.56. The number of carboxylic acid groups (broad SMARTS) is 1. The lowest BCUT2D eigenvalue weighted by molar-refractivity contribution is 0.0996. The molecule has 4 rings (SSSR count). The van der Waals surface area contributed by atoms with Gasteiger partial charge in [0.05, 0.1) is 16.6 Å². The number of anilines is 2. The number of hydrogen-bond donors (Lipinski definition) is 4. The summed E-state index contributed by atoms with van der Waals surface area (Å²) in [7, 11) is 0. The normalized spacial score (nSPS) is 10.6. The van der Waals surface area contributed by atoms with E-state index in [0.29, 0.717) is 22.3 Å². The Bertz CT molecular complexity index is 1330. The fourth-order valence-electron chi connectivity index (χ4n) is 3.11. The van der Waals surface area contributed by atoms with E-state index in [1.807, 2.05) is 18.2 Å². The standard InChI is InChI=1S/C22H15IN4O4/c23-13-4-3-5-14(11-13)24-20(29)16-7-2-1-6-15(16)19(28)12-8-9-17-18(10-12)26-21(25-17)27-22(30)31/h1-11H,(H,24,29)(H,30,31)(H2,25,26,27). The van der Waals surface area contributed by atoms with Crippen LogP contribution in [0.25, 0.3) is 11.0 Å². The maximum absolute atomic E-state index is 13.2. The Hall–Kier alpha value is -3.73. The molecular formula is C22H15IN4O4. The van der Waals surface area contributed by atoms with Crippen molar-refractivity contribution in [1.82, 2.24) is 9.97 Å². The molecule has 154 valence electrons. The molecule has 0 aliphatic rings. The van der Waals surface area contributed by atoms with E-state index in [1.54, 1.807) is 48.5 Å². The number of carbonyl (C=O) groups is 3.